The Bertz CT molecular complexity index is 623. The van der Waals surface area contributed by atoms with Crippen LogP contribution < -0.4 is 5.32 Å². The van der Waals surface area contributed by atoms with E-state index in [0.29, 0.717) is 16.6 Å². The van der Waals surface area contributed by atoms with Crippen molar-refractivity contribution in [3.05, 3.63) is 33.8 Å². The molecule has 0 aliphatic heterocycles. The number of hydrogen-bond donors (Lipinski definition) is 1. The van der Waals surface area contributed by atoms with E-state index in [1.54, 1.807) is 0 Å². The van der Waals surface area contributed by atoms with Gasteiger partial charge in [-0.25, -0.2) is 8.78 Å². The number of hydrogen-bond acceptors (Lipinski definition) is 4. The van der Waals surface area contributed by atoms with Crippen molar-refractivity contribution in [3.63, 3.8) is 0 Å². The van der Waals surface area contributed by atoms with Gasteiger partial charge in [0.25, 0.3) is 0 Å². The van der Waals surface area contributed by atoms with Crippen molar-refractivity contribution in [1.29, 1.82) is 0 Å². The van der Waals surface area contributed by atoms with Crippen LogP contribution in [0.3, 0.4) is 0 Å². The van der Waals surface area contributed by atoms with Crippen LogP contribution in [0.1, 0.15) is 25.8 Å². The fourth-order valence-electron chi connectivity index (χ4n) is 1.46. The highest BCUT2D eigenvalue weighted by Gasteiger charge is 2.16. The first-order valence-corrected chi connectivity index (χ1v) is 7.18. The van der Waals surface area contributed by atoms with Crippen molar-refractivity contribution < 1.29 is 8.78 Å². The minimum absolute atomic E-state index is 0.0521. The zero-order valence-electron chi connectivity index (χ0n) is 11.3. The Balaban J connectivity index is 2.23. The van der Waals surface area contributed by atoms with Gasteiger partial charge < -0.3 is 5.32 Å². The molecule has 0 aliphatic carbocycles. The van der Waals surface area contributed by atoms with Gasteiger partial charge in [0.1, 0.15) is 16.6 Å². The van der Waals surface area contributed by atoms with Crippen molar-refractivity contribution in [2.75, 3.05) is 0 Å². The van der Waals surface area contributed by atoms with Crippen LogP contribution in [-0.4, -0.2) is 15.7 Å². The van der Waals surface area contributed by atoms with E-state index in [4.69, 9.17) is 11.6 Å². The summed E-state index contributed by atoms with van der Waals surface area (Å²) in [4.78, 5) is 0. The van der Waals surface area contributed by atoms with Gasteiger partial charge in [0.2, 0.25) is 0 Å². The highest BCUT2D eigenvalue weighted by Crippen LogP contribution is 2.29. The lowest BCUT2D eigenvalue weighted by Gasteiger charge is -2.19. The number of halogens is 3. The third-order valence-corrected chi connectivity index (χ3v) is 3.72. The Morgan fingerprint density at radius 3 is 2.55 bits per heavy atom. The fourth-order valence-corrected chi connectivity index (χ4v) is 2.41. The van der Waals surface area contributed by atoms with E-state index in [2.05, 4.69) is 15.5 Å². The maximum absolute atomic E-state index is 13.8. The molecule has 0 amide bonds. The van der Waals surface area contributed by atoms with E-state index >= 15 is 0 Å². The van der Waals surface area contributed by atoms with Crippen molar-refractivity contribution >= 4 is 22.9 Å². The van der Waals surface area contributed by atoms with Crippen LogP contribution in [0.5, 0.6) is 0 Å². The molecular formula is C13H14ClF2N3S. The number of benzene rings is 1. The molecule has 0 radical (unpaired) electrons. The zero-order valence-corrected chi connectivity index (χ0v) is 12.9. The molecule has 0 atom stereocenters. The van der Waals surface area contributed by atoms with Crippen molar-refractivity contribution in [3.8, 4) is 10.6 Å². The number of nitrogens with one attached hydrogen (secondary N) is 1. The van der Waals surface area contributed by atoms with Gasteiger partial charge in [0, 0.05) is 5.54 Å². The molecule has 1 aromatic carbocycles. The summed E-state index contributed by atoms with van der Waals surface area (Å²) < 4.78 is 27.2. The van der Waals surface area contributed by atoms with Gasteiger partial charge in [-0.2, -0.15) is 0 Å². The Morgan fingerprint density at radius 2 is 1.90 bits per heavy atom. The maximum atomic E-state index is 13.8. The van der Waals surface area contributed by atoms with Crippen LogP contribution in [-0.2, 0) is 6.54 Å². The smallest absolute Gasteiger partial charge is 0.150 e. The summed E-state index contributed by atoms with van der Waals surface area (Å²) in [6.07, 6.45) is 0. The predicted octanol–water partition coefficient (Wildman–Crippen LogP) is 4.02. The molecule has 1 N–H and O–H groups in total. The number of nitrogens with zero attached hydrogens (tertiary/aromatic N) is 2. The largest absolute Gasteiger partial charge is 0.306 e. The first kappa shape index (κ1) is 15.3. The molecule has 2 rings (SSSR count). The average molecular weight is 318 g/mol. The maximum Gasteiger partial charge on any atom is 0.150 e. The lowest BCUT2D eigenvalue weighted by Crippen LogP contribution is -2.35. The molecule has 1 heterocycles. The molecule has 0 saturated carbocycles. The second-order valence-corrected chi connectivity index (χ2v) is 6.82. The topological polar surface area (TPSA) is 37.8 Å². The Labute approximate surface area is 125 Å². The van der Waals surface area contributed by atoms with E-state index < -0.39 is 11.6 Å². The fraction of sp³-hybridized carbons (Fsp3) is 0.385. The highest BCUT2D eigenvalue weighted by atomic mass is 35.5. The van der Waals surface area contributed by atoms with Gasteiger partial charge >= 0.3 is 0 Å². The molecule has 0 aliphatic rings. The van der Waals surface area contributed by atoms with Crippen LogP contribution in [0, 0.1) is 11.6 Å². The highest BCUT2D eigenvalue weighted by molar-refractivity contribution is 7.14. The summed E-state index contributed by atoms with van der Waals surface area (Å²) in [5, 5.41) is 11.9. The predicted molar refractivity (Wildman–Crippen MR) is 76.9 cm³/mol. The van der Waals surface area contributed by atoms with E-state index in [1.807, 2.05) is 20.8 Å². The lowest BCUT2D eigenvalue weighted by molar-refractivity contribution is 0.423. The van der Waals surface area contributed by atoms with E-state index in [-0.39, 0.29) is 16.1 Å². The molecule has 0 bridgehead atoms. The molecule has 108 valence electrons. The van der Waals surface area contributed by atoms with E-state index in [1.165, 1.54) is 11.3 Å². The molecule has 0 saturated heterocycles. The second-order valence-electron chi connectivity index (χ2n) is 5.35. The minimum atomic E-state index is -0.673. The Kier molecular flexibility index (Phi) is 4.36. The summed E-state index contributed by atoms with van der Waals surface area (Å²) in [5.41, 5.74) is 0.0233. The van der Waals surface area contributed by atoms with E-state index in [9.17, 15) is 8.78 Å². The molecule has 1 aromatic heterocycles. The van der Waals surface area contributed by atoms with Gasteiger partial charge in [0.15, 0.2) is 5.01 Å². The summed E-state index contributed by atoms with van der Waals surface area (Å²) in [6, 6.07) is 1.99. The zero-order chi connectivity index (χ0) is 14.9. The SMILES string of the molecule is CC(C)(C)NCc1nnc(-c2cc(F)c(Cl)cc2F)s1. The number of rotatable bonds is 3. The summed E-state index contributed by atoms with van der Waals surface area (Å²) in [7, 11) is 0. The summed E-state index contributed by atoms with van der Waals surface area (Å²) >= 11 is 6.74. The quantitative estimate of drug-likeness (QED) is 0.869. The van der Waals surface area contributed by atoms with Crippen LogP contribution in [0.25, 0.3) is 10.6 Å². The summed E-state index contributed by atoms with van der Waals surface area (Å²) in [6.45, 7) is 6.62. The third kappa shape index (κ3) is 3.71. The van der Waals surface area contributed by atoms with Gasteiger partial charge in [-0.15, -0.1) is 10.2 Å². The Hall–Kier alpha value is -1.11. The molecular weight excluding hydrogens is 304 g/mol. The molecule has 0 spiro atoms. The van der Waals surface area contributed by atoms with Crippen LogP contribution in [0.2, 0.25) is 5.02 Å². The van der Waals surface area contributed by atoms with Crippen molar-refractivity contribution in [2.45, 2.75) is 32.9 Å². The normalized spacial score (nSPS) is 11.9. The van der Waals surface area contributed by atoms with Gasteiger partial charge in [0.05, 0.1) is 17.1 Å². The first-order chi connectivity index (χ1) is 9.26. The Morgan fingerprint density at radius 1 is 1.20 bits per heavy atom. The average Bonchev–Trinajstić information content (AvgIpc) is 2.79. The van der Waals surface area contributed by atoms with Crippen LogP contribution in [0.15, 0.2) is 12.1 Å². The molecule has 3 nitrogen and oxygen atoms in total. The van der Waals surface area contributed by atoms with Gasteiger partial charge in [-0.05, 0) is 32.9 Å². The molecule has 7 heteroatoms. The van der Waals surface area contributed by atoms with E-state index in [0.717, 1.165) is 12.1 Å². The lowest BCUT2D eigenvalue weighted by atomic mass is 10.1. The minimum Gasteiger partial charge on any atom is -0.306 e. The standard InChI is InChI=1S/C13H14ClF2N3S/c1-13(2,3)17-6-11-18-19-12(20-11)7-4-10(16)8(14)5-9(7)15/h4-5,17H,6H2,1-3H3. The van der Waals surface area contributed by atoms with Gasteiger partial charge in [-0.1, -0.05) is 22.9 Å². The monoisotopic (exact) mass is 317 g/mol. The van der Waals surface area contributed by atoms with Crippen molar-refractivity contribution in [1.82, 2.24) is 15.5 Å². The molecule has 0 unspecified atom stereocenters. The van der Waals surface area contributed by atoms with Crippen LogP contribution in [0.4, 0.5) is 8.78 Å². The van der Waals surface area contributed by atoms with Gasteiger partial charge in [-0.3, -0.25) is 0 Å². The summed E-state index contributed by atoms with van der Waals surface area (Å²) in [5.74, 6) is -1.28. The number of aromatic nitrogens is 2. The molecule has 0 fully saturated rings. The molecule has 2 aromatic rings. The second kappa shape index (κ2) is 5.71. The first-order valence-electron chi connectivity index (χ1n) is 5.98. The van der Waals surface area contributed by atoms with Crippen molar-refractivity contribution in [2.24, 2.45) is 0 Å². The third-order valence-electron chi connectivity index (χ3n) is 2.48. The van der Waals surface area contributed by atoms with Crippen LogP contribution >= 0.6 is 22.9 Å². The molecule has 20 heavy (non-hydrogen) atoms.